The maximum Gasteiger partial charge on any atom is 0.260 e. The molecule has 1 aromatic heterocycles. The molecule has 0 spiro atoms. The van der Waals surface area contributed by atoms with Crippen LogP contribution in [0.15, 0.2) is 53.1 Å². The van der Waals surface area contributed by atoms with Gasteiger partial charge in [0.15, 0.2) is 0 Å². The Morgan fingerprint density at radius 3 is 2.43 bits per heavy atom. The number of carbonyl (C=O) groups is 1. The molecule has 1 atom stereocenters. The molecule has 0 bridgehead atoms. The first-order valence-corrected chi connectivity index (χ1v) is 9.92. The third-order valence-electron chi connectivity index (χ3n) is 4.78. The second-order valence-electron chi connectivity index (χ2n) is 6.74. The van der Waals surface area contributed by atoms with Crippen LogP contribution in [-0.4, -0.2) is 15.5 Å². The molecular formula is C20H13BrCl2N4O. The number of rotatable bonds is 3. The second-order valence-corrected chi connectivity index (χ2v) is 8.52. The maximum absolute atomic E-state index is 13.6. The van der Waals surface area contributed by atoms with E-state index in [-0.39, 0.29) is 5.91 Å². The fraction of sp³-hybridized carbons (Fsp3) is 0.150. The van der Waals surface area contributed by atoms with Crippen LogP contribution < -0.4 is 4.90 Å². The van der Waals surface area contributed by atoms with E-state index in [1.807, 2.05) is 31.2 Å². The molecule has 4 rings (SSSR count). The minimum Gasteiger partial charge on any atom is -0.286 e. The van der Waals surface area contributed by atoms with E-state index in [4.69, 9.17) is 23.2 Å². The number of imidazole rings is 1. The molecule has 1 unspecified atom stereocenters. The molecule has 0 aliphatic carbocycles. The fourth-order valence-electron chi connectivity index (χ4n) is 3.55. The zero-order valence-corrected chi connectivity index (χ0v) is 17.8. The molecule has 3 aromatic rings. The second kappa shape index (κ2) is 6.93. The van der Waals surface area contributed by atoms with Gasteiger partial charge in [-0.3, -0.25) is 9.36 Å². The molecule has 8 heteroatoms. The van der Waals surface area contributed by atoms with Crippen molar-refractivity contribution < 1.29 is 4.79 Å². The first-order valence-electron chi connectivity index (χ1n) is 8.37. The lowest BCUT2D eigenvalue weighted by molar-refractivity contribution is -0.123. The molecular weight excluding hydrogens is 463 g/mol. The topological polar surface area (TPSA) is 61.9 Å². The van der Waals surface area contributed by atoms with Gasteiger partial charge in [0.25, 0.3) is 5.91 Å². The highest BCUT2D eigenvalue weighted by atomic mass is 79.9. The molecule has 1 aliphatic rings. The molecule has 2 heterocycles. The largest absolute Gasteiger partial charge is 0.286 e. The summed E-state index contributed by atoms with van der Waals surface area (Å²) in [5.74, 6) is 0.174. The first kappa shape index (κ1) is 19.0. The lowest BCUT2D eigenvalue weighted by atomic mass is 9.91. The number of fused-ring (bicyclic) bond motifs is 1. The summed E-state index contributed by atoms with van der Waals surface area (Å²) in [6.45, 7) is 1.82. The fourth-order valence-corrected chi connectivity index (χ4v) is 4.33. The van der Waals surface area contributed by atoms with Crippen LogP contribution in [0.4, 0.5) is 11.6 Å². The monoisotopic (exact) mass is 474 g/mol. The number of halogens is 3. The van der Waals surface area contributed by atoms with Gasteiger partial charge < -0.3 is 0 Å². The Morgan fingerprint density at radius 1 is 1.18 bits per heavy atom. The molecule has 0 N–H and O–H groups in total. The van der Waals surface area contributed by atoms with Crippen molar-refractivity contribution >= 4 is 56.7 Å². The lowest BCUT2D eigenvalue weighted by Gasteiger charge is -2.25. The summed E-state index contributed by atoms with van der Waals surface area (Å²) >= 11 is 15.7. The molecule has 0 saturated heterocycles. The SMILES string of the molecule is CC1(Cc2ccc(Br)cc2)C(=O)N(c2cc(Cl)cc(Cl)c2)c2ncc(C#N)n21. The molecule has 1 amide bonds. The third kappa shape index (κ3) is 3.00. The molecule has 0 fully saturated rings. The van der Waals surface area contributed by atoms with E-state index in [0.29, 0.717) is 33.8 Å². The predicted octanol–water partition coefficient (Wildman–Crippen LogP) is 5.46. The van der Waals surface area contributed by atoms with Gasteiger partial charge in [-0.15, -0.1) is 0 Å². The predicted molar refractivity (Wildman–Crippen MR) is 112 cm³/mol. The lowest BCUT2D eigenvalue weighted by Crippen LogP contribution is -2.41. The number of amides is 1. The molecule has 2 aromatic carbocycles. The molecule has 5 nitrogen and oxygen atoms in total. The van der Waals surface area contributed by atoms with Crippen molar-refractivity contribution in [3.05, 3.63) is 74.4 Å². The molecule has 140 valence electrons. The number of anilines is 2. The van der Waals surface area contributed by atoms with Gasteiger partial charge in [-0.2, -0.15) is 5.26 Å². The molecule has 28 heavy (non-hydrogen) atoms. The Morgan fingerprint density at radius 2 is 1.82 bits per heavy atom. The van der Waals surface area contributed by atoms with E-state index in [9.17, 15) is 10.1 Å². The zero-order valence-electron chi connectivity index (χ0n) is 14.7. The molecule has 0 radical (unpaired) electrons. The number of carbonyl (C=O) groups excluding carboxylic acids is 1. The summed E-state index contributed by atoms with van der Waals surface area (Å²) in [6, 6.07) is 14.8. The summed E-state index contributed by atoms with van der Waals surface area (Å²) in [6.07, 6.45) is 1.88. The van der Waals surface area contributed by atoms with Crippen molar-refractivity contribution in [1.82, 2.24) is 9.55 Å². The van der Waals surface area contributed by atoms with Crippen LogP contribution in [0.3, 0.4) is 0 Å². The van der Waals surface area contributed by atoms with Crippen LogP contribution in [0, 0.1) is 11.3 Å². The van der Waals surface area contributed by atoms with Gasteiger partial charge >= 0.3 is 0 Å². The quantitative estimate of drug-likeness (QED) is 0.505. The molecule has 1 aliphatic heterocycles. The Bertz CT molecular complexity index is 1120. The highest BCUT2D eigenvalue weighted by Crippen LogP contribution is 2.43. The van der Waals surface area contributed by atoms with Crippen LogP contribution in [0.2, 0.25) is 10.0 Å². The highest BCUT2D eigenvalue weighted by molar-refractivity contribution is 9.10. The Balaban J connectivity index is 1.87. The first-order chi connectivity index (χ1) is 13.3. The van der Waals surface area contributed by atoms with E-state index in [0.717, 1.165) is 10.0 Å². The Hall–Kier alpha value is -2.33. The van der Waals surface area contributed by atoms with Gasteiger partial charge in [-0.25, -0.2) is 9.88 Å². The van der Waals surface area contributed by atoms with Crippen LogP contribution in [-0.2, 0) is 16.8 Å². The standard InChI is InChI=1S/C20H13BrCl2N4O/c1-20(9-12-2-4-13(21)5-3-12)18(28)26(16-7-14(22)6-15(23)8-16)19-25-11-17(10-24)27(19)20/h2-8,11H,9H2,1H3. The van der Waals surface area contributed by atoms with E-state index >= 15 is 0 Å². The number of aromatic nitrogens is 2. The zero-order chi connectivity index (χ0) is 20.1. The van der Waals surface area contributed by atoms with Gasteiger partial charge in [0, 0.05) is 20.9 Å². The maximum atomic E-state index is 13.6. The summed E-state index contributed by atoms with van der Waals surface area (Å²) < 4.78 is 2.64. The van der Waals surface area contributed by atoms with Crippen molar-refractivity contribution in [2.45, 2.75) is 18.9 Å². The van der Waals surface area contributed by atoms with Crippen molar-refractivity contribution in [2.24, 2.45) is 0 Å². The summed E-state index contributed by atoms with van der Waals surface area (Å²) in [5.41, 5.74) is 0.782. The minimum atomic E-state index is -1.01. The van der Waals surface area contributed by atoms with Crippen molar-refractivity contribution in [3.8, 4) is 6.07 Å². The number of nitriles is 1. The van der Waals surface area contributed by atoms with E-state index < -0.39 is 5.54 Å². The summed E-state index contributed by atoms with van der Waals surface area (Å²) in [4.78, 5) is 19.4. The van der Waals surface area contributed by atoms with Gasteiger partial charge in [0.1, 0.15) is 17.3 Å². The third-order valence-corrected chi connectivity index (χ3v) is 5.75. The van der Waals surface area contributed by atoms with Gasteiger partial charge in [0.05, 0.1) is 11.9 Å². The average molecular weight is 476 g/mol. The normalized spacial score (nSPS) is 18.2. The van der Waals surface area contributed by atoms with Gasteiger partial charge in [-0.1, -0.05) is 51.3 Å². The molecule has 0 saturated carbocycles. The number of nitrogens with zero attached hydrogens (tertiary/aromatic N) is 4. The smallest absolute Gasteiger partial charge is 0.260 e. The van der Waals surface area contributed by atoms with Crippen molar-refractivity contribution in [3.63, 3.8) is 0 Å². The summed E-state index contributed by atoms with van der Waals surface area (Å²) in [5, 5.41) is 10.4. The van der Waals surface area contributed by atoms with Crippen molar-refractivity contribution in [2.75, 3.05) is 4.90 Å². The van der Waals surface area contributed by atoms with Gasteiger partial charge in [-0.05, 0) is 42.8 Å². The van der Waals surface area contributed by atoms with Crippen LogP contribution in [0.5, 0.6) is 0 Å². The number of hydrogen-bond acceptors (Lipinski definition) is 3. The van der Waals surface area contributed by atoms with Crippen LogP contribution >= 0.6 is 39.1 Å². The Kier molecular flexibility index (Phi) is 4.70. The van der Waals surface area contributed by atoms with E-state index in [2.05, 4.69) is 27.0 Å². The van der Waals surface area contributed by atoms with E-state index in [1.165, 1.54) is 11.1 Å². The minimum absolute atomic E-state index is 0.201. The number of benzene rings is 2. The van der Waals surface area contributed by atoms with Gasteiger partial charge in [0.2, 0.25) is 5.95 Å². The van der Waals surface area contributed by atoms with Crippen LogP contribution in [0.1, 0.15) is 18.2 Å². The summed E-state index contributed by atoms with van der Waals surface area (Å²) in [7, 11) is 0. The van der Waals surface area contributed by atoms with Crippen molar-refractivity contribution in [1.29, 1.82) is 5.26 Å². The Labute approximate surface area is 180 Å². The average Bonchev–Trinajstić information content (AvgIpc) is 3.15. The number of hydrogen-bond donors (Lipinski definition) is 0. The van der Waals surface area contributed by atoms with E-state index in [1.54, 1.807) is 22.8 Å². The highest BCUT2D eigenvalue weighted by Gasteiger charge is 2.50. The van der Waals surface area contributed by atoms with Crippen LogP contribution in [0.25, 0.3) is 0 Å².